The molecular weight excluding hydrogens is 314 g/mol. The second kappa shape index (κ2) is 6.65. The van der Waals surface area contributed by atoms with Gasteiger partial charge in [-0.1, -0.05) is 6.92 Å². The lowest BCUT2D eigenvalue weighted by Crippen LogP contribution is -2.07. The number of hydrogen-bond acceptors (Lipinski definition) is 6. The fraction of sp³-hybridized carbons (Fsp3) is 0.364. The van der Waals surface area contributed by atoms with E-state index in [1.165, 1.54) is 4.88 Å². The van der Waals surface area contributed by atoms with E-state index in [0.717, 1.165) is 29.1 Å². The van der Waals surface area contributed by atoms with Gasteiger partial charge in [0.1, 0.15) is 22.4 Å². The van der Waals surface area contributed by atoms with Crippen LogP contribution in [0.3, 0.4) is 0 Å². The van der Waals surface area contributed by atoms with E-state index in [-0.39, 0.29) is 0 Å². The topological polar surface area (TPSA) is 62.7 Å². The number of nitrogens with one attached hydrogen (secondary N) is 2. The van der Waals surface area contributed by atoms with Gasteiger partial charge < -0.3 is 10.6 Å². The van der Waals surface area contributed by atoms with Crippen LogP contribution in [0.1, 0.15) is 18.2 Å². The predicted molar refractivity (Wildman–Crippen MR) is 78.0 cm³/mol. The van der Waals surface area contributed by atoms with E-state index in [1.807, 2.05) is 11.7 Å². The fourth-order valence-corrected chi connectivity index (χ4v) is 2.38. The van der Waals surface area contributed by atoms with Crippen LogP contribution in [0.5, 0.6) is 0 Å². The average Bonchev–Trinajstić information content (AvgIpc) is 2.89. The first-order valence-corrected chi connectivity index (χ1v) is 7.34. The first kappa shape index (κ1) is 13.2. The molecule has 0 saturated heterocycles. The predicted octanol–water partition coefficient (Wildman–Crippen LogP) is 3.13. The SMILES string of the molecule is CCCNc1ncnc(NCc2cncs2)c1Br. The molecule has 2 heterocycles. The minimum atomic E-state index is 0.716. The third kappa shape index (κ3) is 3.39. The number of anilines is 2. The maximum absolute atomic E-state index is 4.22. The molecule has 0 bridgehead atoms. The minimum Gasteiger partial charge on any atom is -0.369 e. The summed E-state index contributed by atoms with van der Waals surface area (Å²) in [5.74, 6) is 1.61. The van der Waals surface area contributed by atoms with Crippen LogP contribution in [0.15, 0.2) is 22.5 Å². The Morgan fingerprint density at radius 3 is 2.72 bits per heavy atom. The van der Waals surface area contributed by atoms with Gasteiger partial charge in [-0.15, -0.1) is 11.3 Å². The molecule has 2 aromatic heterocycles. The molecule has 2 rings (SSSR count). The van der Waals surface area contributed by atoms with Crippen molar-refractivity contribution in [2.45, 2.75) is 19.9 Å². The van der Waals surface area contributed by atoms with E-state index in [2.05, 4.69) is 48.4 Å². The average molecular weight is 328 g/mol. The molecule has 0 aliphatic heterocycles. The van der Waals surface area contributed by atoms with Gasteiger partial charge in [-0.25, -0.2) is 9.97 Å². The second-order valence-corrected chi connectivity index (χ2v) is 5.40. The molecule has 0 fully saturated rings. The third-order valence-corrected chi connectivity index (χ3v) is 3.78. The maximum Gasteiger partial charge on any atom is 0.146 e. The molecule has 2 aromatic rings. The highest BCUT2D eigenvalue weighted by Gasteiger charge is 2.08. The summed E-state index contributed by atoms with van der Waals surface area (Å²) >= 11 is 5.13. The summed E-state index contributed by atoms with van der Waals surface area (Å²) in [4.78, 5) is 13.6. The highest BCUT2D eigenvalue weighted by atomic mass is 79.9. The van der Waals surface area contributed by atoms with Gasteiger partial charge in [0, 0.05) is 17.6 Å². The first-order valence-electron chi connectivity index (χ1n) is 5.67. The molecule has 5 nitrogen and oxygen atoms in total. The summed E-state index contributed by atoms with van der Waals surface area (Å²) in [7, 11) is 0. The van der Waals surface area contributed by atoms with Gasteiger partial charge in [-0.2, -0.15) is 0 Å². The monoisotopic (exact) mass is 327 g/mol. The molecule has 0 aromatic carbocycles. The zero-order valence-electron chi connectivity index (χ0n) is 9.98. The minimum absolute atomic E-state index is 0.716. The normalized spacial score (nSPS) is 10.3. The van der Waals surface area contributed by atoms with Crippen LogP contribution in [0.2, 0.25) is 0 Å². The highest BCUT2D eigenvalue weighted by Crippen LogP contribution is 2.26. The van der Waals surface area contributed by atoms with E-state index < -0.39 is 0 Å². The molecule has 96 valence electrons. The van der Waals surface area contributed by atoms with Gasteiger partial charge >= 0.3 is 0 Å². The Morgan fingerprint density at radius 2 is 2.06 bits per heavy atom. The highest BCUT2D eigenvalue weighted by molar-refractivity contribution is 9.10. The molecule has 0 unspecified atom stereocenters. The lowest BCUT2D eigenvalue weighted by molar-refractivity contribution is 0.960. The van der Waals surface area contributed by atoms with Gasteiger partial charge in [0.25, 0.3) is 0 Å². The van der Waals surface area contributed by atoms with Crippen molar-refractivity contribution < 1.29 is 0 Å². The number of halogens is 1. The molecule has 0 radical (unpaired) electrons. The molecule has 7 heteroatoms. The van der Waals surface area contributed by atoms with Crippen molar-refractivity contribution in [2.24, 2.45) is 0 Å². The molecule has 0 atom stereocenters. The van der Waals surface area contributed by atoms with Gasteiger partial charge in [0.15, 0.2) is 0 Å². The van der Waals surface area contributed by atoms with Crippen molar-refractivity contribution in [3.8, 4) is 0 Å². The van der Waals surface area contributed by atoms with E-state index in [1.54, 1.807) is 17.7 Å². The number of aromatic nitrogens is 3. The fourth-order valence-electron chi connectivity index (χ4n) is 1.36. The summed E-state index contributed by atoms with van der Waals surface area (Å²) in [5, 5.41) is 6.51. The lowest BCUT2D eigenvalue weighted by atomic mass is 10.4. The molecular formula is C11H14BrN5S. The molecule has 0 spiro atoms. The summed E-state index contributed by atoms with van der Waals surface area (Å²) < 4.78 is 0.864. The van der Waals surface area contributed by atoms with Crippen molar-refractivity contribution >= 4 is 38.9 Å². The van der Waals surface area contributed by atoms with Crippen LogP contribution in [0.4, 0.5) is 11.6 Å². The summed E-state index contributed by atoms with van der Waals surface area (Å²) in [5.41, 5.74) is 1.82. The number of nitrogens with zero attached hydrogens (tertiary/aromatic N) is 3. The molecule has 0 aliphatic rings. The van der Waals surface area contributed by atoms with E-state index in [4.69, 9.17) is 0 Å². The largest absolute Gasteiger partial charge is 0.369 e. The molecule has 18 heavy (non-hydrogen) atoms. The smallest absolute Gasteiger partial charge is 0.146 e. The second-order valence-electron chi connectivity index (χ2n) is 3.63. The van der Waals surface area contributed by atoms with Crippen LogP contribution in [-0.4, -0.2) is 21.5 Å². The van der Waals surface area contributed by atoms with Crippen molar-refractivity contribution in [3.63, 3.8) is 0 Å². The van der Waals surface area contributed by atoms with E-state index >= 15 is 0 Å². The van der Waals surface area contributed by atoms with Gasteiger partial charge in [-0.3, -0.25) is 4.98 Å². The summed E-state index contributed by atoms with van der Waals surface area (Å²) in [6.45, 7) is 3.72. The van der Waals surface area contributed by atoms with Crippen LogP contribution < -0.4 is 10.6 Å². The molecule has 0 amide bonds. The Labute approximate surface area is 118 Å². The van der Waals surface area contributed by atoms with Crippen LogP contribution in [0.25, 0.3) is 0 Å². The number of thiazole rings is 1. The molecule has 0 saturated carbocycles. The quantitative estimate of drug-likeness (QED) is 0.853. The summed E-state index contributed by atoms with van der Waals surface area (Å²) in [6, 6.07) is 0. The van der Waals surface area contributed by atoms with Gasteiger partial charge in [0.2, 0.25) is 0 Å². The standard InChI is InChI=1S/C11H14BrN5S/c1-2-3-14-10-9(12)11(17-6-16-10)15-5-8-4-13-7-18-8/h4,6-7H,2-3,5H2,1H3,(H2,14,15,16,17). The zero-order chi connectivity index (χ0) is 12.8. The van der Waals surface area contributed by atoms with Crippen molar-refractivity contribution in [2.75, 3.05) is 17.2 Å². The van der Waals surface area contributed by atoms with Crippen molar-refractivity contribution in [3.05, 3.63) is 27.4 Å². The lowest BCUT2D eigenvalue weighted by Gasteiger charge is -2.10. The van der Waals surface area contributed by atoms with Gasteiger partial charge in [0.05, 0.1) is 12.1 Å². The Morgan fingerprint density at radius 1 is 1.28 bits per heavy atom. The maximum atomic E-state index is 4.22. The van der Waals surface area contributed by atoms with E-state index in [0.29, 0.717) is 6.54 Å². The zero-order valence-corrected chi connectivity index (χ0v) is 12.4. The van der Waals surface area contributed by atoms with Gasteiger partial charge in [-0.05, 0) is 22.4 Å². The van der Waals surface area contributed by atoms with Crippen LogP contribution in [0, 0.1) is 0 Å². The molecule has 0 aliphatic carbocycles. The number of hydrogen-bond donors (Lipinski definition) is 2. The molecule has 2 N–H and O–H groups in total. The Balaban J connectivity index is 2.03. The Kier molecular flexibility index (Phi) is 4.89. The third-order valence-electron chi connectivity index (χ3n) is 2.25. The van der Waals surface area contributed by atoms with Crippen LogP contribution >= 0.6 is 27.3 Å². The van der Waals surface area contributed by atoms with E-state index in [9.17, 15) is 0 Å². The Hall–Kier alpha value is -1.21. The van der Waals surface area contributed by atoms with Crippen LogP contribution in [-0.2, 0) is 6.54 Å². The first-order chi connectivity index (χ1) is 8.81. The summed E-state index contributed by atoms with van der Waals surface area (Å²) in [6.07, 6.45) is 4.46. The Bertz CT molecular complexity index is 488. The van der Waals surface area contributed by atoms with Crippen molar-refractivity contribution in [1.29, 1.82) is 0 Å². The number of rotatable bonds is 6. The van der Waals surface area contributed by atoms with Crippen molar-refractivity contribution in [1.82, 2.24) is 15.0 Å².